The first-order chi connectivity index (χ1) is 8.61. The van der Waals surface area contributed by atoms with E-state index >= 15 is 0 Å². The molecule has 0 bridgehead atoms. The maximum atomic E-state index is 10.8. The highest BCUT2D eigenvalue weighted by Gasteiger charge is 2.12. The van der Waals surface area contributed by atoms with Crippen molar-refractivity contribution in [3.8, 4) is 11.6 Å². The Hall–Kier alpha value is -2.37. The van der Waals surface area contributed by atoms with Crippen molar-refractivity contribution >= 4 is 16.9 Å². The molecule has 94 valence electrons. The van der Waals surface area contributed by atoms with Crippen LogP contribution in [-0.2, 0) is 11.2 Å². The summed E-state index contributed by atoms with van der Waals surface area (Å²) in [4.78, 5) is 18.5. The molecular formula is C12H12N2O4. The summed E-state index contributed by atoms with van der Waals surface area (Å²) in [7, 11) is 0. The quantitative estimate of drug-likeness (QED) is 0.848. The standard InChI is InChI=1S/C12H12N2O4/c1-2-18-10-5-9-8(12(17)14-6-13-9)3-7(10)4-11(15)16/h3,5-6H,2,4H2,1H3,(H,15,16)(H,13,14,17). The summed E-state index contributed by atoms with van der Waals surface area (Å²) in [5.41, 5.74) is 1.00. The Balaban J connectivity index is 2.60. The van der Waals surface area contributed by atoms with Crippen molar-refractivity contribution in [2.24, 2.45) is 0 Å². The third-order valence-electron chi connectivity index (χ3n) is 2.44. The first-order valence-electron chi connectivity index (χ1n) is 5.43. The number of aliphatic carboxylic acids is 1. The highest BCUT2D eigenvalue weighted by molar-refractivity contribution is 5.86. The van der Waals surface area contributed by atoms with E-state index in [-0.39, 0.29) is 12.3 Å². The summed E-state index contributed by atoms with van der Waals surface area (Å²) < 4.78 is 5.38. The second-order valence-corrected chi connectivity index (χ2v) is 3.68. The van der Waals surface area contributed by atoms with Gasteiger partial charge in [-0.1, -0.05) is 0 Å². The lowest BCUT2D eigenvalue weighted by molar-refractivity contribution is -0.136. The van der Waals surface area contributed by atoms with Crippen molar-refractivity contribution in [3.05, 3.63) is 24.0 Å². The fraction of sp³-hybridized carbons (Fsp3) is 0.250. The molecule has 6 nitrogen and oxygen atoms in total. The number of carboxylic acids is 1. The Morgan fingerprint density at radius 3 is 2.83 bits per heavy atom. The van der Waals surface area contributed by atoms with Crippen LogP contribution in [0.3, 0.4) is 0 Å². The Morgan fingerprint density at radius 2 is 2.17 bits per heavy atom. The summed E-state index contributed by atoms with van der Waals surface area (Å²) in [6.45, 7) is 2.24. The van der Waals surface area contributed by atoms with Crippen LogP contribution in [0.4, 0.5) is 0 Å². The molecule has 0 aliphatic rings. The van der Waals surface area contributed by atoms with E-state index in [0.29, 0.717) is 28.8 Å². The molecular weight excluding hydrogens is 236 g/mol. The van der Waals surface area contributed by atoms with Gasteiger partial charge in [-0.2, -0.15) is 0 Å². The van der Waals surface area contributed by atoms with E-state index in [1.165, 1.54) is 6.33 Å². The number of hydrogen-bond donors (Lipinski definition) is 2. The summed E-state index contributed by atoms with van der Waals surface area (Å²) in [6, 6.07) is 3.16. The predicted molar refractivity (Wildman–Crippen MR) is 63.7 cm³/mol. The number of rotatable bonds is 4. The van der Waals surface area contributed by atoms with Crippen molar-refractivity contribution < 1.29 is 19.7 Å². The van der Waals surface area contributed by atoms with Gasteiger partial charge in [0.2, 0.25) is 5.88 Å². The zero-order chi connectivity index (χ0) is 13.1. The van der Waals surface area contributed by atoms with Crippen LogP contribution in [0.25, 0.3) is 10.9 Å². The molecule has 0 atom stereocenters. The van der Waals surface area contributed by atoms with Gasteiger partial charge in [-0.3, -0.25) is 4.79 Å². The van der Waals surface area contributed by atoms with Crippen molar-refractivity contribution in [2.45, 2.75) is 13.3 Å². The summed E-state index contributed by atoms with van der Waals surface area (Å²) in [5.74, 6) is -0.674. The molecule has 0 aliphatic carbocycles. The molecule has 2 N–H and O–H groups in total. The average molecular weight is 248 g/mol. The average Bonchev–Trinajstić information content (AvgIpc) is 2.31. The summed E-state index contributed by atoms with van der Waals surface area (Å²) >= 11 is 0. The molecule has 0 amide bonds. The van der Waals surface area contributed by atoms with Crippen molar-refractivity contribution in [3.63, 3.8) is 0 Å². The molecule has 0 fully saturated rings. The van der Waals surface area contributed by atoms with E-state index in [4.69, 9.17) is 9.84 Å². The van der Waals surface area contributed by atoms with Gasteiger partial charge in [0.25, 0.3) is 0 Å². The van der Waals surface area contributed by atoms with E-state index in [1.54, 1.807) is 12.1 Å². The Kier molecular flexibility index (Phi) is 3.27. The van der Waals surface area contributed by atoms with Gasteiger partial charge in [-0.05, 0) is 13.0 Å². The molecule has 6 heteroatoms. The smallest absolute Gasteiger partial charge is 0.307 e. The predicted octanol–water partition coefficient (Wildman–Crippen LogP) is 1.36. The minimum absolute atomic E-state index is 0.172. The van der Waals surface area contributed by atoms with Gasteiger partial charge in [0.15, 0.2) is 0 Å². The zero-order valence-electron chi connectivity index (χ0n) is 9.75. The van der Waals surface area contributed by atoms with Gasteiger partial charge in [-0.25, -0.2) is 9.97 Å². The summed E-state index contributed by atoms with van der Waals surface area (Å²) in [6.07, 6.45) is 1.06. The minimum Gasteiger partial charge on any atom is -0.493 e. The number of carbonyl (C=O) groups is 1. The minimum atomic E-state index is -0.966. The van der Waals surface area contributed by atoms with Crippen LogP contribution in [0.1, 0.15) is 12.5 Å². The second-order valence-electron chi connectivity index (χ2n) is 3.68. The van der Waals surface area contributed by atoms with Gasteiger partial charge >= 0.3 is 5.97 Å². The third kappa shape index (κ3) is 2.32. The largest absolute Gasteiger partial charge is 0.493 e. The molecule has 0 spiro atoms. The van der Waals surface area contributed by atoms with Crippen LogP contribution in [0.15, 0.2) is 18.5 Å². The van der Waals surface area contributed by atoms with Gasteiger partial charge in [-0.15, -0.1) is 0 Å². The van der Waals surface area contributed by atoms with E-state index in [9.17, 15) is 9.90 Å². The zero-order valence-corrected chi connectivity index (χ0v) is 9.75. The van der Waals surface area contributed by atoms with Crippen LogP contribution in [0.2, 0.25) is 0 Å². The highest BCUT2D eigenvalue weighted by Crippen LogP contribution is 2.29. The molecule has 0 saturated heterocycles. The molecule has 0 saturated carbocycles. The lowest BCUT2D eigenvalue weighted by Crippen LogP contribution is -2.04. The van der Waals surface area contributed by atoms with E-state index < -0.39 is 5.97 Å². The molecule has 0 unspecified atom stereocenters. The molecule has 1 aromatic carbocycles. The normalized spacial score (nSPS) is 10.5. The first-order valence-corrected chi connectivity index (χ1v) is 5.43. The fourth-order valence-electron chi connectivity index (χ4n) is 1.71. The SMILES string of the molecule is CCOc1cc2ncnc(O)c2cc1CC(=O)O. The van der Waals surface area contributed by atoms with Crippen molar-refractivity contribution in [1.82, 2.24) is 9.97 Å². The Labute approximate surface area is 103 Å². The highest BCUT2D eigenvalue weighted by atomic mass is 16.5. The first kappa shape index (κ1) is 12.1. The number of hydrogen-bond acceptors (Lipinski definition) is 5. The van der Waals surface area contributed by atoms with Crippen LogP contribution >= 0.6 is 0 Å². The molecule has 18 heavy (non-hydrogen) atoms. The van der Waals surface area contributed by atoms with Gasteiger partial charge in [0.1, 0.15) is 12.1 Å². The topological polar surface area (TPSA) is 92.5 Å². The van der Waals surface area contributed by atoms with Gasteiger partial charge < -0.3 is 14.9 Å². The monoisotopic (exact) mass is 248 g/mol. The number of aromatic nitrogens is 2. The van der Waals surface area contributed by atoms with E-state index in [0.717, 1.165) is 0 Å². The third-order valence-corrected chi connectivity index (χ3v) is 2.44. The van der Waals surface area contributed by atoms with Crippen LogP contribution in [0.5, 0.6) is 11.6 Å². The number of aromatic hydroxyl groups is 1. The molecule has 0 aliphatic heterocycles. The molecule has 1 heterocycles. The fourth-order valence-corrected chi connectivity index (χ4v) is 1.71. The van der Waals surface area contributed by atoms with Crippen LogP contribution in [-0.4, -0.2) is 32.8 Å². The van der Waals surface area contributed by atoms with Gasteiger partial charge in [0.05, 0.1) is 23.9 Å². The van der Waals surface area contributed by atoms with E-state index in [1.807, 2.05) is 6.92 Å². The molecule has 0 radical (unpaired) electrons. The molecule has 2 rings (SSSR count). The number of benzene rings is 1. The number of carboxylic acid groups (broad SMARTS) is 1. The lowest BCUT2D eigenvalue weighted by Gasteiger charge is -2.10. The number of nitrogens with zero attached hydrogens (tertiary/aromatic N) is 2. The maximum Gasteiger partial charge on any atom is 0.307 e. The summed E-state index contributed by atoms with van der Waals surface area (Å²) in [5, 5.41) is 18.9. The molecule has 2 aromatic rings. The van der Waals surface area contributed by atoms with Crippen molar-refractivity contribution in [2.75, 3.05) is 6.61 Å². The second kappa shape index (κ2) is 4.87. The number of fused-ring (bicyclic) bond motifs is 1. The van der Waals surface area contributed by atoms with Crippen LogP contribution < -0.4 is 4.74 Å². The van der Waals surface area contributed by atoms with Crippen LogP contribution in [0, 0.1) is 0 Å². The van der Waals surface area contributed by atoms with E-state index in [2.05, 4.69) is 9.97 Å². The van der Waals surface area contributed by atoms with Gasteiger partial charge in [0, 0.05) is 11.6 Å². The van der Waals surface area contributed by atoms with Crippen molar-refractivity contribution in [1.29, 1.82) is 0 Å². The number of ether oxygens (including phenoxy) is 1. The maximum absolute atomic E-state index is 10.8. The Morgan fingerprint density at radius 1 is 1.39 bits per heavy atom. The lowest BCUT2D eigenvalue weighted by atomic mass is 10.1. The molecule has 1 aromatic heterocycles. The Bertz CT molecular complexity index is 598.